The van der Waals surface area contributed by atoms with Crippen LogP contribution in [0.4, 0.5) is 18.3 Å². The fraction of sp³-hybridized carbons (Fsp3) is 0.235. The van der Waals surface area contributed by atoms with Gasteiger partial charge in [0.25, 0.3) is 0 Å². The van der Waals surface area contributed by atoms with Crippen LogP contribution < -0.4 is 5.32 Å². The number of ketones is 1. The van der Waals surface area contributed by atoms with Gasteiger partial charge in [-0.3, -0.25) is 14.9 Å². The highest BCUT2D eigenvalue weighted by molar-refractivity contribution is 7.17. The molecule has 1 aliphatic rings. The largest absolute Gasteiger partial charge is 0.417 e. The summed E-state index contributed by atoms with van der Waals surface area (Å²) in [6, 6.07) is 3.37. The van der Waals surface area contributed by atoms with Gasteiger partial charge >= 0.3 is 6.18 Å². The number of hydrogen-bond donors (Lipinski definition) is 1. The van der Waals surface area contributed by atoms with Gasteiger partial charge in [-0.05, 0) is 36.6 Å². The molecule has 0 bridgehead atoms. The van der Waals surface area contributed by atoms with Gasteiger partial charge in [-0.1, -0.05) is 29.0 Å². The van der Waals surface area contributed by atoms with Crippen molar-refractivity contribution in [2.24, 2.45) is 0 Å². The van der Waals surface area contributed by atoms with Crippen molar-refractivity contribution in [1.82, 2.24) is 4.98 Å². The fourth-order valence-electron chi connectivity index (χ4n) is 2.51. The normalized spacial score (nSPS) is 14.5. The number of thiazole rings is 1. The number of carbonyl (C=O) groups excluding carboxylic acids is 2. The van der Waals surface area contributed by atoms with E-state index < -0.39 is 22.7 Å². The van der Waals surface area contributed by atoms with Gasteiger partial charge in [-0.25, -0.2) is 4.98 Å². The van der Waals surface area contributed by atoms with Crippen molar-refractivity contribution in [1.29, 1.82) is 0 Å². The Labute approximate surface area is 155 Å². The van der Waals surface area contributed by atoms with Crippen LogP contribution in [0.1, 0.15) is 39.3 Å². The number of hydrogen-bond acceptors (Lipinski definition) is 4. The number of carbonyl (C=O) groups is 2. The number of alkyl halides is 3. The van der Waals surface area contributed by atoms with E-state index >= 15 is 0 Å². The van der Waals surface area contributed by atoms with Gasteiger partial charge in [0.2, 0.25) is 5.91 Å². The molecule has 0 radical (unpaired) electrons. The lowest BCUT2D eigenvalue weighted by molar-refractivity contribution is -0.137. The van der Waals surface area contributed by atoms with E-state index in [4.69, 9.17) is 11.6 Å². The first-order valence-corrected chi connectivity index (χ1v) is 8.82. The SMILES string of the molecule is O=C(/C=C\c1ccc(Cl)c(C(F)(F)F)c1)Nc1nc2c(s1)C(=O)CCC2. The molecule has 26 heavy (non-hydrogen) atoms. The average molecular weight is 401 g/mol. The molecule has 3 rings (SSSR count). The van der Waals surface area contributed by atoms with Gasteiger partial charge in [0, 0.05) is 12.5 Å². The smallest absolute Gasteiger partial charge is 0.298 e. The number of nitrogens with zero attached hydrogens (tertiary/aromatic N) is 1. The zero-order valence-electron chi connectivity index (χ0n) is 13.2. The van der Waals surface area contributed by atoms with Crippen LogP contribution in [-0.4, -0.2) is 16.7 Å². The highest BCUT2D eigenvalue weighted by Crippen LogP contribution is 2.35. The average Bonchev–Trinajstić information content (AvgIpc) is 2.97. The van der Waals surface area contributed by atoms with Crippen LogP contribution >= 0.6 is 22.9 Å². The molecule has 0 spiro atoms. The van der Waals surface area contributed by atoms with Crippen LogP contribution in [-0.2, 0) is 17.4 Å². The molecule has 1 aliphatic carbocycles. The van der Waals surface area contributed by atoms with Crippen molar-refractivity contribution in [3.05, 3.63) is 51.0 Å². The van der Waals surface area contributed by atoms with Gasteiger partial charge in [0.15, 0.2) is 10.9 Å². The molecule has 1 N–H and O–H groups in total. The lowest BCUT2D eigenvalue weighted by Crippen LogP contribution is -2.08. The fourth-order valence-corrected chi connectivity index (χ4v) is 3.71. The summed E-state index contributed by atoms with van der Waals surface area (Å²) in [5.74, 6) is -0.535. The van der Waals surface area contributed by atoms with E-state index in [-0.39, 0.29) is 11.3 Å². The molecule has 0 aliphatic heterocycles. The van der Waals surface area contributed by atoms with Crippen molar-refractivity contribution in [2.75, 3.05) is 5.32 Å². The lowest BCUT2D eigenvalue weighted by Gasteiger charge is -2.09. The van der Waals surface area contributed by atoms with Gasteiger partial charge < -0.3 is 0 Å². The Morgan fingerprint density at radius 3 is 2.77 bits per heavy atom. The zero-order chi connectivity index (χ0) is 18.9. The standard InChI is InChI=1S/C17H12ClF3N2O2S/c18-11-6-4-9(8-10(11)17(19,20)21)5-7-14(25)23-16-22-12-2-1-3-13(24)15(12)26-16/h4-8H,1-3H2,(H,22,23,25)/b7-5-. The Balaban J connectivity index is 1.72. The Kier molecular flexibility index (Phi) is 5.15. The summed E-state index contributed by atoms with van der Waals surface area (Å²) < 4.78 is 38.5. The third kappa shape index (κ3) is 4.13. The van der Waals surface area contributed by atoms with Crippen LogP contribution in [0.3, 0.4) is 0 Å². The molecule has 1 aromatic carbocycles. The molecule has 1 aromatic heterocycles. The second-order valence-electron chi connectivity index (χ2n) is 5.63. The van der Waals surface area contributed by atoms with E-state index in [0.717, 1.165) is 36.0 Å². The van der Waals surface area contributed by atoms with Crippen molar-refractivity contribution >= 4 is 45.8 Å². The maximum absolute atomic E-state index is 12.8. The zero-order valence-corrected chi connectivity index (χ0v) is 14.8. The minimum atomic E-state index is -4.57. The Hall–Kier alpha value is -2.19. The molecule has 1 heterocycles. The summed E-state index contributed by atoms with van der Waals surface area (Å²) in [6.45, 7) is 0. The molecule has 136 valence electrons. The molecular formula is C17H12ClF3N2O2S. The van der Waals surface area contributed by atoms with E-state index in [1.807, 2.05) is 0 Å². The molecule has 9 heteroatoms. The highest BCUT2D eigenvalue weighted by Gasteiger charge is 2.33. The lowest BCUT2D eigenvalue weighted by atomic mass is 10.0. The number of halogens is 4. The summed E-state index contributed by atoms with van der Waals surface area (Å²) >= 11 is 6.66. The summed E-state index contributed by atoms with van der Waals surface area (Å²) in [4.78, 5) is 28.5. The summed E-state index contributed by atoms with van der Waals surface area (Å²) in [7, 11) is 0. The van der Waals surface area contributed by atoms with Crippen molar-refractivity contribution in [3.8, 4) is 0 Å². The number of aromatic nitrogens is 1. The van der Waals surface area contributed by atoms with Crippen LogP contribution in [0.2, 0.25) is 5.02 Å². The van der Waals surface area contributed by atoms with Gasteiger partial charge in [0.05, 0.1) is 21.2 Å². The maximum atomic E-state index is 12.8. The van der Waals surface area contributed by atoms with Gasteiger partial charge in [-0.15, -0.1) is 0 Å². The molecule has 0 atom stereocenters. The van der Waals surface area contributed by atoms with E-state index in [1.165, 1.54) is 12.1 Å². The molecule has 4 nitrogen and oxygen atoms in total. The van der Waals surface area contributed by atoms with Crippen LogP contribution in [0.15, 0.2) is 24.3 Å². The van der Waals surface area contributed by atoms with Crippen molar-refractivity contribution in [3.63, 3.8) is 0 Å². The maximum Gasteiger partial charge on any atom is 0.417 e. The predicted molar refractivity (Wildman–Crippen MR) is 93.5 cm³/mol. The molecular weight excluding hydrogens is 389 g/mol. The number of rotatable bonds is 3. The summed E-state index contributed by atoms with van der Waals surface area (Å²) in [5, 5.41) is 2.42. The second-order valence-corrected chi connectivity index (χ2v) is 7.04. The summed E-state index contributed by atoms with van der Waals surface area (Å²) in [6.07, 6.45) is -0.323. The molecule has 2 aromatic rings. The van der Waals surface area contributed by atoms with E-state index in [0.29, 0.717) is 28.5 Å². The first-order chi connectivity index (χ1) is 12.2. The predicted octanol–water partition coefficient (Wildman–Crippen LogP) is 4.99. The van der Waals surface area contributed by atoms with Crippen LogP contribution in [0, 0.1) is 0 Å². The van der Waals surface area contributed by atoms with E-state index in [2.05, 4.69) is 10.3 Å². The number of anilines is 1. The number of fused-ring (bicyclic) bond motifs is 1. The molecule has 0 unspecified atom stereocenters. The molecule has 0 saturated carbocycles. The molecule has 1 amide bonds. The Bertz CT molecular complexity index is 906. The van der Waals surface area contributed by atoms with Crippen LogP contribution in [0.5, 0.6) is 0 Å². The van der Waals surface area contributed by atoms with E-state index in [1.54, 1.807) is 0 Å². The molecule has 0 fully saturated rings. The quantitative estimate of drug-likeness (QED) is 0.739. The minimum absolute atomic E-state index is 0.0145. The molecule has 0 saturated heterocycles. The highest BCUT2D eigenvalue weighted by atomic mass is 35.5. The number of benzene rings is 1. The second kappa shape index (κ2) is 7.20. The minimum Gasteiger partial charge on any atom is -0.298 e. The topological polar surface area (TPSA) is 59.1 Å². The van der Waals surface area contributed by atoms with Gasteiger partial charge in [0.1, 0.15) is 0 Å². The first kappa shape index (κ1) is 18.6. The third-order valence-corrected chi connectivity index (χ3v) is 5.10. The Morgan fingerprint density at radius 2 is 2.08 bits per heavy atom. The number of nitrogens with one attached hydrogen (secondary N) is 1. The number of amides is 1. The number of aryl methyl sites for hydroxylation is 1. The van der Waals surface area contributed by atoms with Gasteiger partial charge in [-0.2, -0.15) is 13.2 Å². The Morgan fingerprint density at radius 1 is 1.31 bits per heavy atom. The summed E-state index contributed by atoms with van der Waals surface area (Å²) in [5.41, 5.74) is -0.101. The number of Topliss-reactive ketones (excluding diaryl/α,β-unsaturated/α-hetero) is 1. The first-order valence-electron chi connectivity index (χ1n) is 7.63. The third-order valence-electron chi connectivity index (χ3n) is 3.72. The van der Waals surface area contributed by atoms with E-state index in [9.17, 15) is 22.8 Å². The van der Waals surface area contributed by atoms with Crippen molar-refractivity contribution < 1.29 is 22.8 Å². The van der Waals surface area contributed by atoms with Crippen LogP contribution in [0.25, 0.3) is 6.08 Å². The van der Waals surface area contributed by atoms with Crippen molar-refractivity contribution in [2.45, 2.75) is 25.4 Å². The monoisotopic (exact) mass is 400 g/mol.